The number of anilines is 1. The molecule has 0 saturated heterocycles. The molecule has 0 bridgehead atoms. The Bertz CT molecular complexity index is 1100. The third-order valence-corrected chi connectivity index (χ3v) is 4.62. The highest BCUT2D eigenvalue weighted by Crippen LogP contribution is 2.36. The van der Waals surface area contributed by atoms with Crippen LogP contribution < -0.4 is 9.64 Å². The van der Waals surface area contributed by atoms with E-state index in [2.05, 4.69) is 0 Å². The number of methoxy groups -OCH3 is 2. The Morgan fingerprint density at radius 3 is 2.40 bits per heavy atom. The topological polar surface area (TPSA) is 119 Å². The second kappa shape index (κ2) is 8.08. The minimum absolute atomic E-state index is 0.0650. The van der Waals surface area contributed by atoms with Crippen LogP contribution in [0.4, 0.5) is 11.4 Å². The van der Waals surface area contributed by atoms with E-state index in [-0.39, 0.29) is 28.3 Å². The maximum atomic E-state index is 13.2. The first kappa shape index (κ1) is 20.6. The lowest BCUT2D eigenvalue weighted by Crippen LogP contribution is -2.24. The minimum atomic E-state index is -0.692. The van der Waals surface area contributed by atoms with Gasteiger partial charge >= 0.3 is 5.97 Å². The normalized spacial score (nSPS) is 15.0. The van der Waals surface area contributed by atoms with Gasteiger partial charge in [-0.2, -0.15) is 0 Å². The van der Waals surface area contributed by atoms with E-state index in [4.69, 9.17) is 9.47 Å². The van der Waals surface area contributed by atoms with Crippen LogP contribution in [0.5, 0.6) is 11.5 Å². The first-order chi connectivity index (χ1) is 14.3. The van der Waals surface area contributed by atoms with E-state index >= 15 is 0 Å². The standard InChI is InChI=1S/C21H18N2O7/c1-12-19(21(26)30-3)16(10-13-4-9-17(24)18(11-13)29-2)20(25)22(12)14-5-7-15(8-6-14)23(27)28/h4-11,24H,1-3H3/b16-10-. The number of phenols is 1. The molecular formula is C21H18N2O7. The molecular weight excluding hydrogens is 392 g/mol. The van der Waals surface area contributed by atoms with Gasteiger partial charge in [0.15, 0.2) is 11.5 Å². The maximum absolute atomic E-state index is 13.2. The Balaban J connectivity index is 2.11. The van der Waals surface area contributed by atoms with Gasteiger partial charge in [0.05, 0.1) is 30.3 Å². The number of phenolic OH excluding ortho intramolecular Hbond substituents is 1. The molecule has 9 heteroatoms. The number of nitro benzene ring substituents is 1. The largest absolute Gasteiger partial charge is 0.504 e. The van der Waals surface area contributed by atoms with Gasteiger partial charge in [-0.3, -0.25) is 19.8 Å². The van der Waals surface area contributed by atoms with Gasteiger partial charge in [-0.05, 0) is 42.8 Å². The van der Waals surface area contributed by atoms with Gasteiger partial charge in [0.2, 0.25) is 0 Å². The Kier molecular flexibility index (Phi) is 5.54. The van der Waals surface area contributed by atoms with Crippen molar-refractivity contribution in [1.29, 1.82) is 0 Å². The van der Waals surface area contributed by atoms with Crippen LogP contribution in [0.3, 0.4) is 0 Å². The number of allylic oxidation sites excluding steroid dienone is 1. The van der Waals surface area contributed by atoms with Crippen molar-refractivity contribution in [3.63, 3.8) is 0 Å². The van der Waals surface area contributed by atoms with E-state index in [1.807, 2.05) is 0 Å². The van der Waals surface area contributed by atoms with Crippen LogP contribution in [0.25, 0.3) is 6.08 Å². The zero-order valence-corrected chi connectivity index (χ0v) is 16.4. The number of ether oxygens (including phenoxy) is 2. The van der Waals surface area contributed by atoms with Gasteiger partial charge in [-0.25, -0.2) is 4.79 Å². The zero-order chi connectivity index (χ0) is 22.0. The van der Waals surface area contributed by atoms with E-state index < -0.39 is 16.8 Å². The lowest BCUT2D eigenvalue weighted by molar-refractivity contribution is -0.384. The summed E-state index contributed by atoms with van der Waals surface area (Å²) in [5, 5.41) is 20.7. The van der Waals surface area contributed by atoms with E-state index in [1.165, 1.54) is 61.6 Å². The molecule has 3 rings (SSSR count). The monoisotopic (exact) mass is 410 g/mol. The van der Waals surface area contributed by atoms with Crippen LogP contribution in [0.2, 0.25) is 0 Å². The Hall–Kier alpha value is -4.14. The molecule has 1 aliphatic rings. The van der Waals surface area contributed by atoms with E-state index in [9.17, 15) is 24.8 Å². The number of amides is 1. The molecule has 1 amide bonds. The summed E-state index contributed by atoms with van der Waals surface area (Å²) >= 11 is 0. The number of nitro groups is 1. The molecule has 0 unspecified atom stereocenters. The summed E-state index contributed by atoms with van der Waals surface area (Å²) in [6, 6.07) is 9.92. The molecule has 0 aliphatic carbocycles. The number of carbonyl (C=O) groups is 2. The Morgan fingerprint density at radius 1 is 1.17 bits per heavy atom. The van der Waals surface area contributed by atoms with Crippen LogP contribution in [0, 0.1) is 10.1 Å². The highest BCUT2D eigenvalue weighted by atomic mass is 16.6. The van der Waals surface area contributed by atoms with Crippen molar-refractivity contribution in [2.75, 3.05) is 19.1 Å². The molecule has 30 heavy (non-hydrogen) atoms. The number of rotatable bonds is 5. The fraction of sp³-hybridized carbons (Fsp3) is 0.143. The van der Waals surface area contributed by atoms with E-state index in [1.54, 1.807) is 13.0 Å². The molecule has 0 radical (unpaired) electrons. The lowest BCUT2D eigenvalue weighted by atomic mass is 10.0. The average Bonchev–Trinajstić information content (AvgIpc) is 2.98. The molecule has 0 fully saturated rings. The van der Waals surface area contributed by atoms with Gasteiger partial charge in [-0.15, -0.1) is 0 Å². The smallest absolute Gasteiger partial charge is 0.340 e. The summed E-state index contributed by atoms with van der Waals surface area (Å²) in [6.45, 7) is 1.59. The fourth-order valence-electron chi connectivity index (χ4n) is 3.17. The Labute approximate surface area is 171 Å². The van der Waals surface area contributed by atoms with Crippen molar-refractivity contribution in [3.8, 4) is 11.5 Å². The predicted molar refractivity (Wildman–Crippen MR) is 108 cm³/mol. The molecule has 1 heterocycles. The third kappa shape index (κ3) is 3.60. The summed E-state index contributed by atoms with van der Waals surface area (Å²) in [7, 11) is 2.61. The number of nitrogens with zero attached hydrogens (tertiary/aromatic N) is 2. The molecule has 2 aromatic rings. The fourth-order valence-corrected chi connectivity index (χ4v) is 3.17. The van der Waals surface area contributed by atoms with Crippen LogP contribution >= 0.6 is 0 Å². The van der Waals surface area contributed by atoms with Crippen molar-refractivity contribution in [2.45, 2.75) is 6.92 Å². The molecule has 1 N–H and O–H groups in total. The van der Waals surface area contributed by atoms with Crippen molar-refractivity contribution in [3.05, 3.63) is 75.0 Å². The average molecular weight is 410 g/mol. The van der Waals surface area contributed by atoms with E-state index in [0.717, 1.165) is 0 Å². The maximum Gasteiger partial charge on any atom is 0.340 e. The number of benzene rings is 2. The second-order valence-corrected chi connectivity index (χ2v) is 6.36. The lowest BCUT2D eigenvalue weighted by Gasteiger charge is -2.17. The van der Waals surface area contributed by atoms with Crippen molar-refractivity contribution in [1.82, 2.24) is 0 Å². The summed E-state index contributed by atoms with van der Waals surface area (Å²) < 4.78 is 9.93. The summed E-state index contributed by atoms with van der Waals surface area (Å²) in [6.07, 6.45) is 1.49. The summed E-state index contributed by atoms with van der Waals surface area (Å²) in [5.74, 6) is -1.04. The first-order valence-electron chi connectivity index (χ1n) is 8.75. The predicted octanol–water partition coefficient (Wildman–Crippen LogP) is 3.19. The minimum Gasteiger partial charge on any atom is -0.504 e. The number of esters is 1. The number of hydrogen-bond donors (Lipinski definition) is 1. The van der Waals surface area contributed by atoms with Gasteiger partial charge in [0, 0.05) is 23.5 Å². The highest BCUT2D eigenvalue weighted by molar-refractivity contribution is 6.23. The van der Waals surface area contributed by atoms with Crippen LogP contribution in [-0.2, 0) is 14.3 Å². The van der Waals surface area contributed by atoms with Gasteiger partial charge in [0.25, 0.3) is 11.6 Å². The molecule has 1 aliphatic heterocycles. The third-order valence-electron chi connectivity index (χ3n) is 4.62. The number of carbonyl (C=O) groups excluding carboxylic acids is 2. The van der Waals surface area contributed by atoms with Gasteiger partial charge in [0.1, 0.15) is 0 Å². The Morgan fingerprint density at radius 2 is 1.83 bits per heavy atom. The second-order valence-electron chi connectivity index (χ2n) is 6.36. The molecule has 0 saturated carbocycles. The molecule has 2 aromatic carbocycles. The zero-order valence-electron chi connectivity index (χ0n) is 16.4. The van der Waals surface area contributed by atoms with Crippen LogP contribution in [0.15, 0.2) is 59.3 Å². The molecule has 0 atom stereocenters. The number of aromatic hydroxyl groups is 1. The van der Waals surface area contributed by atoms with Crippen molar-refractivity contribution < 1.29 is 29.1 Å². The van der Waals surface area contributed by atoms with E-state index in [0.29, 0.717) is 16.9 Å². The SMILES string of the molecule is COC(=O)C1=C(C)N(c2ccc([N+](=O)[O-])cc2)C(=O)/C1=C\c1ccc(O)c(OC)c1. The molecule has 9 nitrogen and oxygen atoms in total. The van der Waals surface area contributed by atoms with Crippen molar-refractivity contribution >= 4 is 29.3 Å². The number of hydrogen-bond acceptors (Lipinski definition) is 7. The summed E-state index contributed by atoms with van der Waals surface area (Å²) in [4.78, 5) is 37.2. The van der Waals surface area contributed by atoms with Gasteiger partial charge in [-0.1, -0.05) is 6.07 Å². The van der Waals surface area contributed by atoms with Gasteiger partial charge < -0.3 is 14.6 Å². The molecule has 0 spiro atoms. The number of non-ortho nitro benzene ring substituents is 1. The summed E-state index contributed by atoms with van der Waals surface area (Å²) in [5.41, 5.74) is 1.27. The van der Waals surface area contributed by atoms with Crippen molar-refractivity contribution in [2.24, 2.45) is 0 Å². The highest BCUT2D eigenvalue weighted by Gasteiger charge is 2.38. The van der Waals surface area contributed by atoms with Crippen LogP contribution in [-0.4, -0.2) is 36.1 Å². The molecule has 0 aromatic heterocycles. The quantitative estimate of drug-likeness (QED) is 0.348. The first-order valence-corrected chi connectivity index (χ1v) is 8.75. The van der Waals surface area contributed by atoms with Crippen LogP contribution in [0.1, 0.15) is 12.5 Å². The molecule has 154 valence electrons.